The molecule has 0 unspecified atom stereocenters. The van der Waals surface area contributed by atoms with Crippen LogP contribution in [0.25, 0.3) is 0 Å². The normalized spacial score (nSPS) is 25.1. The van der Waals surface area contributed by atoms with Crippen LogP contribution >= 0.6 is 0 Å². The smallest absolute Gasteiger partial charge is 0.337 e. The van der Waals surface area contributed by atoms with Crippen molar-refractivity contribution in [1.82, 2.24) is 5.32 Å². The molecule has 0 radical (unpaired) electrons. The van der Waals surface area contributed by atoms with Gasteiger partial charge in [-0.05, 0) is 69.6 Å². The number of rotatable bonds is 6. The van der Waals surface area contributed by atoms with Crippen LogP contribution in [0, 0.1) is 11.8 Å². The molecule has 0 bridgehead atoms. The zero-order chi connectivity index (χ0) is 24.4. The molecule has 0 amide bonds. The van der Waals surface area contributed by atoms with E-state index in [-0.39, 0.29) is 17.8 Å². The van der Waals surface area contributed by atoms with Crippen molar-refractivity contribution in [2.45, 2.75) is 64.9 Å². The summed E-state index contributed by atoms with van der Waals surface area (Å²) < 4.78 is 16.5. The number of hydrogen-bond acceptors (Lipinski definition) is 7. The fourth-order valence-corrected chi connectivity index (χ4v) is 5.46. The molecule has 4 rings (SSSR count). The molecule has 1 fully saturated rings. The van der Waals surface area contributed by atoms with E-state index in [4.69, 9.17) is 14.2 Å². The van der Waals surface area contributed by atoms with Crippen molar-refractivity contribution >= 4 is 17.7 Å². The number of esters is 2. The van der Waals surface area contributed by atoms with Gasteiger partial charge in [0.2, 0.25) is 0 Å². The first kappa shape index (κ1) is 24.0. The van der Waals surface area contributed by atoms with Crippen molar-refractivity contribution in [3.63, 3.8) is 0 Å². The third kappa shape index (κ3) is 4.48. The molecule has 7 nitrogen and oxygen atoms in total. The minimum Gasteiger partial charge on any atom is -0.494 e. The van der Waals surface area contributed by atoms with Crippen LogP contribution in [0.3, 0.4) is 0 Å². The molecule has 1 aliphatic heterocycles. The fraction of sp³-hybridized carbons (Fsp3) is 0.519. The van der Waals surface area contributed by atoms with Gasteiger partial charge in [0.15, 0.2) is 5.78 Å². The summed E-state index contributed by atoms with van der Waals surface area (Å²) in [4.78, 5) is 39.8. The monoisotopic (exact) mass is 467 g/mol. The summed E-state index contributed by atoms with van der Waals surface area (Å²) in [6, 6.07) is 7.44. The van der Waals surface area contributed by atoms with E-state index >= 15 is 0 Å². The van der Waals surface area contributed by atoms with Gasteiger partial charge in [-0.2, -0.15) is 0 Å². The van der Waals surface area contributed by atoms with E-state index in [1.807, 2.05) is 45.0 Å². The standard InChI is InChI=1S/C27H33NO6/c1-5-33-19-12-8-9-17(14-19)23-22(27(31)34-18-10-6-7-11-18)16(3)28-20-13-15(2)21(26(30)32-4)25(29)24(20)23/h8-9,12,14-15,18,21,23,28H,5-7,10-11,13H2,1-4H3/t15-,21-,23-/m0/s1. The molecule has 0 saturated heterocycles. The molecule has 0 aromatic heterocycles. The molecule has 182 valence electrons. The Morgan fingerprint density at radius 2 is 1.91 bits per heavy atom. The van der Waals surface area contributed by atoms with E-state index < -0.39 is 23.8 Å². The first-order valence-electron chi connectivity index (χ1n) is 12.1. The predicted molar refractivity (Wildman–Crippen MR) is 126 cm³/mol. The van der Waals surface area contributed by atoms with Gasteiger partial charge in [0.05, 0.1) is 19.3 Å². The molecular weight excluding hydrogens is 434 g/mol. The maximum Gasteiger partial charge on any atom is 0.337 e. The molecule has 3 aliphatic rings. The molecule has 7 heteroatoms. The number of dihydropyridines is 1. The lowest BCUT2D eigenvalue weighted by molar-refractivity contribution is -0.151. The lowest BCUT2D eigenvalue weighted by Gasteiger charge is -2.38. The van der Waals surface area contributed by atoms with Crippen molar-refractivity contribution in [1.29, 1.82) is 0 Å². The maximum atomic E-state index is 13.8. The fourth-order valence-electron chi connectivity index (χ4n) is 5.46. The molecule has 3 atom stereocenters. The van der Waals surface area contributed by atoms with Crippen LogP contribution in [0.1, 0.15) is 64.4 Å². The Morgan fingerprint density at radius 1 is 1.18 bits per heavy atom. The quantitative estimate of drug-likeness (QED) is 0.496. The molecule has 0 spiro atoms. The van der Waals surface area contributed by atoms with E-state index in [0.717, 1.165) is 36.9 Å². The number of Topliss-reactive ketones (excluding diaryl/α,β-unsaturated/α-hetero) is 1. The van der Waals surface area contributed by atoms with Gasteiger partial charge in [-0.3, -0.25) is 9.59 Å². The molecule has 34 heavy (non-hydrogen) atoms. The van der Waals surface area contributed by atoms with Gasteiger partial charge in [0.25, 0.3) is 0 Å². The summed E-state index contributed by atoms with van der Waals surface area (Å²) in [6.45, 7) is 6.11. The summed E-state index contributed by atoms with van der Waals surface area (Å²) in [5, 5.41) is 3.31. The number of hydrogen-bond donors (Lipinski definition) is 1. The number of methoxy groups -OCH3 is 1. The second kappa shape index (κ2) is 10.0. The predicted octanol–water partition coefficient (Wildman–Crippen LogP) is 4.18. The Morgan fingerprint density at radius 3 is 2.59 bits per heavy atom. The minimum absolute atomic E-state index is 0.108. The third-order valence-corrected chi connectivity index (χ3v) is 7.04. The van der Waals surface area contributed by atoms with Gasteiger partial charge in [-0.1, -0.05) is 19.1 Å². The summed E-state index contributed by atoms with van der Waals surface area (Å²) in [6.07, 6.45) is 4.19. The lowest BCUT2D eigenvalue weighted by atomic mass is 9.69. The second-order valence-electron chi connectivity index (χ2n) is 9.35. The van der Waals surface area contributed by atoms with E-state index in [1.165, 1.54) is 7.11 Å². The lowest BCUT2D eigenvalue weighted by Crippen LogP contribution is -2.43. The van der Waals surface area contributed by atoms with Crippen molar-refractivity contribution in [3.05, 3.63) is 52.4 Å². The number of carbonyl (C=O) groups excluding carboxylic acids is 3. The molecule has 1 saturated carbocycles. The Kier molecular flexibility index (Phi) is 7.10. The first-order valence-corrected chi connectivity index (χ1v) is 12.1. The van der Waals surface area contributed by atoms with E-state index in [1.54, 1.807) is 0 Å². The zero-order valence-electron chi connectivity index (χ0n) is 20.3. The van der Waals surface area contributed by atoms with E-state index in [9.17, 15) is 14.4 Å². The number of nitrogens with one attached hydrogen (secondary N) is 1. The van der Waals surface area contributed by atoms with Crippen molar-refractivity contribution in [2.24, 2.45) is 11.8 Å². The summed E-state index contributed by atoms with van der Waals surface area (Å²) >= 11 is 0. The second-order valence-corrected chi connectivity index (χ2v) is 9.35. The largest absolute Gasteiger partial charge is 0.494 e. The van der Waals surface area contributed by atoms with E-state index in [0.29, 0.717) is 35.6 Å². The average Bonchev–Trinajstić information content (AvgIpc) is 3.31. The van der Waals surface area contributed by atoms with Crippen LogP contribution in [0.4, 0.5) is 0 Å². The third-order valence-electron chi connectivity index (χ3n) is 7.04. The Bertz CT molecular complexity index is 1050. The van der Waals surface area contributed by atoms with Gasteiger partial charge < -0.3 is 19.5 Å². The van der Waals surface area contributed by atoms with Crippen molar-refractivity contribution in [3.8, 4) is 5.75 Å². The number of benzene rings is 1. The summed E-state index contributed by atoms with van der Waals surface area (Å²) in [5.41, 5.74) is 3.02. The Hall–Kier alpha value is -3.09. The number of ketones is 1. The first-order chi connectivity index (χ1) is 16.3. The highest BCUT2D eigenvalue weighted by atomic mass is 16.5. The molecule has 1 N–H and O–H groups in total. The molecule has 1 aromatic carbocycles. The summed E-state index contributed by atoms with van der Waals surface area (Å²) in [5.74, 6) is -2.40. The molecular formula is C27H33NO6. The zero-order valence-corrected chi connectivity index (χ0v) is 20.3. The number of allylic oxidation sites excluding steroid dienone is 3. The van der Waals surface area contributed by atoms with Crippen LogP contribution in [0.2, 0.25) is 0 Å². The highest BCUT2D eigenvalue weighted by molar-refractivity contribution is 6.12. The topological polar surface area (TPSA) is 90.9 Å². The van der Waals surface area contributed by atoms with Gasteiger partial charge in [0, 0.05) is 22.9 Å². The summed E-state index contributed by atoms with van der Waals surface area (Å²) in [7, 11) is 1.29. The molecule has 1 heterocycles. The van der Waals surface area contributed by atoms with Crippen LogP contribution in [-0.2, 0) is 23.9 Å². The van der Waals surface area contributed by atoms with Crippen LogP contribution in [-0.4, -0.2) is 37.5 Å². The van der Waals surface area contributed by atoms with Gasteiger partial charge in [0.1, 0.15) is 17.8 Å². The van der Waals surface area contributed by atoms with Crippen molar-refractivity contribution < 1.29 is 28.6 Å². The number of carbonyl (C=O) groups is 3. The highest BCUT2D eigenvalue weighted by Gasteiger charge is 2.47. The molecule has 2 aliphatic carbocycles. The van der Waals surface area contributed by atoms with Gasteiger partial charge >= 0.3 is 11.9 Å². The average molecular weight is 468 g/mol. The van der Waals surface area contributed by atoms with Crippen LogP contribution in [0.5, 0.6) is 5.75 Å². The maximum absolute atomic E-state index is 13.8. The van der Waals surface area contributed by atoms with Gasteiger partial charge in [-0.15, -0.1) is 0 Å². The Labute approximate surface area is 200 Å². The van der Waals surface area contributed by atoms with Crippen molar-refractivity contribution in [2.75, 3.05) is 13.7 Å². The van der Waals surface area contributed by atoms with Gasteiger partial charge in [-0.25, -0.2) is 4.79 Å². The highest BCUT2D eigenvalue weighted by Crippen LogP contribution is 2.46. The van der Waals surface area contributed by atoms with Crippen LogP contribution in [0.15, 0.2) is 46.8 Å². The van der Waals surface area contributed by atoms with E-state index in [2.05, 4.69) is 5.32 Å². The van der Waals surface area contributed by atoms with Crippen LogP contribution < -0.4 is 10.1 Å². The minimum atomic E-state index is -0.909. The molecule has 1 aromatic rings. The number of ether oxygens (including phenoxy) is 3. The Balaban J connectivity index is 1.81. The SMILES string of the molecule is CCOc1cccc([C@H]2C(C(=O)OC3CCCC3)=C(C)NC3=C2C(=O)[C@@H](C(=O)OC)[C@@H](C)C3)c1.